The molecule has 0 N–H and O–H groups in total. The molecule has 0 bridgehead atoms. The first-order valence-electron chi connectivity index (χ1n) is 26.9. The third-order valence-electron chi connectivity index (χ3n) is 15.0. The minimum absolute atomic E-state index is 1.05. The number of anilines is 12. The Balaban J connectivity index is 0.943. The number of nitrogens with zero attached hydrogens (tertiary/aromatic N) is 5. The summed E-state index contributed by atoms with van der Waals surface area (Å²) in [4.78, 5) is 9.42. The molecule has 79 heavy (non-hydrogen) atoms. The van der Waals surface area contributed by atoms with E-state index < -0.39 is 0 Å². The third kappa shape index (κ3) is 8.95. The molecule has 0 fully saturated rings. The predicted molar refractivity (Wildman–Crippen MR) is 335 cm³/mol. The number of aromatic nitrogens is 1. The van der Waals surface area contributed by atoms with Crippen LogP contribution in [0.15, 0.2) is 322 Å². The van der Waals surface area contributed by atoms with Crippen LogP contribution in [0.5, 0.6) is 0 Å². The molecular weight excluding hydrogens is 959 g/mol. The summed E-state index contributed by atoms with van der Waals surface area (Å²) in [5, 5.41) is 7.06. The van der Waals surface area contributed by atoms with Crippen molar-refractivity contribution in [1.29, 1.82) is 0 Å². The van der Waals surface area contributed by atoms with Gasteiger partial charge in [0.1, 0.15) is 0 Å². The fourth-order valence-corrected chi connectivity index (χ4v) is 11.4. The van der Waals surface area contributed by atoms with Crippen LogP contribution in [0.3, 0.4) is 0 Å². The predicted octanol–water partition coefficient (Wildman–Crippen LogP) is 21.0. The molecule has 5 heteroatoms. The summed E-state index contributed by atoms with van der Waals surface area (Å²) in [6, 6.07) is 116. The van der Waals surface area contributed by atoms with E-state index in [9.17, 15) is 0 Å². The lowest BCUT2D eigenvalue weighted by Crippen LogP contribution is -2.12. The van der Waals surface area contributed by atoms with E-state index >= 15 is 0 Å². The second-order valence-electron chi connectivity index (χ2n) is 19.9. The van der Waals surface area contributed by atoms with E-state index in [1.807, 2.05) is 0 Å². The largest absolute Gasteiger partial charge is 0.311 e. The zero-order valence-corrected chi connectivity index (χ0v) is 43.3. The molecule has 13 aromatic carbocycles. The molecule has 0 saturated carbocycles. The minimum atomic E-state index is 1.05. The minimum Gasteiger partial charge on any atom is -0.311 e. The molecule has 0 aliphatic carbocycles. The zero-order valence-electron chi connectivity index (χ0n) is 43.3. The quantitative estimate of drug-likeness (QED) is 0.114. The van der Waals surface area contributed by atoms with Crippen LogP contribution in [0.1, 0.15) is 0 Å². The Morgan fingerprint density at radius 2 is 0.418 bits per heavy atom. The summed E-state index contributed by atoms with van der Waals surface area (Å²) in [6.07, 6.45) is 0. The molecule has 0 amide bonds. The maximum Gasteiger partial charge on any atom is 0.0542 e. The van der Waals surface area contributed by atoms with Crippen LogP contribution in [0.25, 0.3) is 49.0 Å². The summed E-state index contributed by atoms with van der Waals surface area (Å²) in [7, 11) is 0. The molecule has 0 aliphatic heterocycles. The molecule has 1 heterocycles. The van der Waals surface area contributed by atoms with Crippen LogP contribution in [0.2, 0.25) is 0 Å². The molecule has 0 aliphatic rings. The summed E-state index contributed by atoms with van der Waals surface area (Å²) in [5.41, 5.74) is 16.3. The van der Waals surface area contributed by atoms with Crippen molar-refractivity contribution in [2.24, 2.45) is 0 Å². The van der Waals surface area contributed by atoms with Crippen LogP contribution in [0.4, 0.5) is 68.2 Å². The van der Waals surface area contributed by atoms with Gasteiger partial charge in [0.15, 0.2) is 0 Å². The summed E-state index contributed by atoms with van der Waals surface area (Å²) in [6.45, 7) is 0. The SMILES string of the molecule is c1ccc(N(c2ccccc2)c2ccc(N(c3ccc4ccccc4c3)c3ccc4c(c3)c3cc(N(c5ccc(N(c6ccccc6)c6ccccc6)cc5)c5ccc6ccccc6c5)ccc3n4-c3ccccc3)cc2)cc1. The maximum absolute atomic E-state index is 2.41. The summed E-state index contributed by atoms with van der Waals surface area (Å²) < 4.78 is 2.41. The lowest BCUT2D eigenvalue weighted by molar-refractivity contribution is 1.18. The molecule has 5 nitrogen and oxygen atoms in total. The van der Waals surface area contributed by atoms with Gasteiger partial charge in [0.25, 0.3) is 0 Å². The number of fused-ring (bicyclic) bond motifs is 5. The normalized spacial score (nSPS) is 11.3. The van der Waals surface area contributed by atoms with Gasteiger partial charge in [-0.25, -0.2) is 0 Å². The monoisotopic (exact) mass is 1010 g/mol. The van der Waals surface area contributed by atoms with Gasteiger partial charge in [0.05, 0.1) is 11.0 Å². The average molecular weight is 1010 g/mol. The van der Waals surface area contributed by atoms with Crippen LogP contribution >= 0.6 is 0 Å². The summed E-state index contributed by atoms with van der Waals surface area (Å²) in [5.74, 6) is 0. The van der Waals surface area contributed by atoms with Gasteiger partial charge in [-0.15, -0.1) is 0 Å². The van der Waals surface area contributed by atoms with Gasteiger partial charge >= 0.3 is 0 Å². The van der Waals surface area contributed by atoms with Crippen LogP contribution in [0, 0.1) is 0 Å². The fraction of sp³-hybridized carbons (Fsp3) is 0. The second kappa shape index (κ2) is 20.5. The Morgan fingerprint density at radius 1 is 0.177 bits per heavy atom. The van der Waals surface area contributed by atoms with Crippen LogP contribution < -0.4 is 19.6 Å². The van der Waals surface area contributed by atoms with Crippen molar-refractivity contribution in [3.05, 3.63) is 322 Å². The molecule has 0 radical (unpaired) electrons. The van der Waals surface area contributed by atoms with Gasteiger partial charge in [-0.2, -0.15) is 0 Å². The zero-order chi connectivity index (χ0) is 52.5. The average Bonchev–Trinajstić information content (AvgIpc) is 3.89. The van der Waals surface area contributed by atoms with Crippen molar-refractivity contribution in [3.8, 4) is 5.69 Å². The highest BCUT2D eigenvalue weighted by molar-refractivity contribution is 6.12. The Hall–Kier alpha value is -10.6. The topological polar surface area (TPSA) is 17.9 Å². The van der Waals surface area contributed by atoms with Crippen molar-refractivity contribution in [2.75, 3.05) is 19.6 Å². The van der Waals surface area contributed by atoms with Gasteiger partial charge in [-0.1, -0.05) is 152 Å². The van der Waals surface area contributed by atoms with Crippen molar-refractivity contribution in [2.45, 2.75) is 0 Å². The first kappa shape index (κ1) is 46.9. The molecule has 0 atom stereocenters. The highest BCUT2D eigenvalue weighted by Gasteiger charge is 2.22. The molecule has 0 unspecified atom stereocenters. The smallest absolute Gasteiger partial charge is 0.0542 e. The molecule has 374 valence electrons. The highest BCUT2D eigenvalue weighted by atomic mass is 15.2. The molecule has 14 aromatic rings. The second-order valence-corrected chi connectivity index (χ2v) is 19.9. The first-order chi connectivity index (χ1) is 39.2. The van der Waals surface area contributed by atoms with Crippen molar-refractivity contribution in [3.63, 3.8) is 0 Å². The Morgan fingerprint density at radius 3 is 0.759 bits per heavy atom. The van der Waals surface area contributed by atoms with Crippen molar-refractivity contribution in [1.82, 2.24) is 4.57 Å². The molecular formula is C74H53N5. The van der Waals surface area contributed by atoms with E-state index in [4.69, 9.17) is 0 Å². The molecule has 1 aromatic heterocycles. The molecule has 0 spiro atoms. The van der Waals surface area contributed by atoms with Crippen LogP contribution in [-0.2, 0) is 0 Å². The van der Waals surface area contributed by atoms with Gasteiger partial charge in [0, 0.05) is 84.7 Å². The van der Waals surface area contributed by atoms with E-state index in [0.29, 0.717) is 0 Å². The molecule has 0 saturated heterocycles. The number of hydrogen-bond donors (Lipinski definition) is 0. The lowest BCUT2D eigenvalue weighted by atomic mass is 10.1. The first-order valence-corrected chi connectivity index (χ1v) is 26.9. The van der Waals surface area contributed by atoms with Gasteiger partial charge < -0.3 is 24.2 Å². The Labute approximate surface area is 460 Å². The number of rotatable bonds is 13. The number of benzene rings is 13. The summed E-state index contributed by atoms with van der Waals surface area (Å²) >= 11 is 0. The van der Waals surface area contributed by atoms with Gasteiger partial charge in [-0.05, 0) is 191 Å². The molecule has 14 rings (SSSR count). The highest BCUT2D eigenvalue weighted by Crippen LogP contribution is 2.46. The van der Waals surface area contributed by atoms with Gasteiger partial charge in [-0.3, -0.25) is 0 Å². The van der Waals surface area contributed by atoms with E-state index in [1.54, 1.807) is 0 Å². The standard InChI is InChI=1S/C74H53N5/c1-6-24-58(25-7-1)75(59-26-8-2-9-27-59)63-38-42-65(43-39-63)77(67-36-34-54-20-16-18-22-56(54)50-67)69-46-48-73-71(52-69)72-53-70(47-49-74(72)79(73)62-32-14-5-15-33-62)78(68-37-35-55-21-17-19-23-57(55)51-68)66-44-40-64(41-45-66)76(60-28-10-3-11-29-60)61-30-12-4-13-31-61/h1-53H. The lowest BCUT2D eigenvalue weighted by Gasteiger charge is -2.29. The Kier molecular flexibility index (Phi) is 12.2. The van der Waals surface area contributed by atoms with Crippen molar-refractivity contribution >= 4 is 112 Å². The van der Waals surface area contributed by atoms with E-state index in [1.165, 1.54) is 21.5 Å². The number of hydrogen-bond acceptors (Lipinski definition) is 4. The van der Waals surface area contributed by atoms with Gasteiger partial charge in [0.2, 0.25) is 0 Å². The van der Waals surface area contributed by atoms with Crippen LogP contribution in [-0.4, -0.2) is 4.57 Å². The van der Waals surface area contributed by atoms with Crippen molar-refractivity contribution < 1.29 is 0 Å². The Bertz CT molecular complexity index is 4070. The fourth-order valence-electron chi connectivity index (χ4n) is 11.4. The van der Waals surface area contributed by atoms with E-state index in [-0.39, 0.29) is 0 Å². The number of para-hydroxylation sites is 5. The third-order valence-corrected chi connectivity index (χ3v) is 15.0. The van der Waals surface area contributed by atoms with E-state index in [2.05, 4.69) is 346 Å². The van der Waals surface area contributed by atoms with E-state index in [0.717, 1.165) is 95.7 Å². The maximum atomic E-state index is 2.41.